The lowest BCUT2D eigenvalue weighted by Gasteiger charge is -2.11. The largest absolute Gasteiger partial charge is 0.309 e. The summed E-state index contributed by atoms with van der Waals surface area (Å²) in [6.45, 7) is 6.06. The number of thiophene rings is 1. The second-order valence-electron chi connectivity index (χ2n) is 11.5. The molecule has 46 heavy (non-hydrogen) atoms. The monoisotopic (exact) mass is 608 g/mol. The number of aromatic nitrogens is 4. The predicted molar refractivity (Wildman–Crippen MR) is 195 cm³/mol. The number of allylic oxidation sites excluding steroid dienone is 2. The Balaban J connectivity index is 1.23. The Bertz CT molecular complexity index is 2630. The van der Waals surface area contributed by atoms with E-state index in [0.29, 0.717) is 5.95 Å². The molecule has 9 rings (SSSR count). The first-order valence-electron chi connectivity index (χ1n) is 15.4. The second kappa shape index (κ2) is 10.4. The number of aryl methyl sites for hydroxylation is 1. The average Bonchev–Trinajstić information content (AvgIpc) is 3.74. The normalized spacial score (nSPS) is 12.0. The molecule has 4 aromatic heterocycles. The fourth-order valence-electron chi connectivity index (χ4n) is 6.90. The number of fused-ring (bicyclic) bond motifs is 8. The first-order chi connectivity index (χ1) is 22.7. The van der Waals surface area contributed by atoms with Crippen LogP contribution in [0.15, 0.2) is 140 Å². The minimum Gasteiger partial charge on any atom is -0.309 e. The summed E-state index contributed by atoms with van der Waals surface area (Å²) in [7, 11) is 0. The van der Waals surface area contributed by atoms with Crippen LogP contribution in [0.3, 0.4) is 0 Å². The first kappa shape index (κ1) is 26.6. The standard InChI is InChI=1S/C41H28N4S/c1-3-4-20-38-26(2)29-21-22-37-39(40(29)46-38)32-16-7-10-19-36(32)45(37)41-42-24-23-33(43-41)27-12-11-13-28(25-27)44-34-17-8-5-14-30(34)31-15-6-9-18-35(31)44/h3-25H,1H2,2H3/b20-4-. The smallest absolute Gasteiger partial charge is 0.235 e. The number of para-hydroxylation sites is 3. The predicted octanol–water partition coefficient (Wildman–Crippen LogP) is 11.1. The van der Waals surface area contributed by atoms with E-state index in [2.05, 4.69) is 138 Å². The maximum Gasteiger partial charge on any atom is 0.235 e. The Morgan fingerprint density at radius 1 is 0.674 bits per heavy atom. The van der Waals surface area contributed by atoms with Crippen LogP contribution < -0.4 is 0 Å². The highest BCUT2D eigenvalue weighted by molar-refractivity contribution is 7.21. The highest BCUT2D eigenvalue weighted by atomic mass is 32.1. The molecular weight excluding hydrogens is 581 g/mol. The Morgan fingerprint density at radius 2 is 1.37 bits per heavy atom. The van der Waals surface area contributed by atoms with Gasteiger partial charge in [-0.3, -0.25) is 4.57 Å². The van der Waals surface area contributed by atoms with Crippen molar-refractivity contribution < 1.29 is 0 Å². The third kappa shape index (κ3) is 3.92. The van der Waals surface area contributed by atoms with E-state index in [1.165, 1.54) is 53.1 Å². The minimum atomic E-state index is 0.658. The Hall–Kier alpha value is -5.78. The minimum absolute atomic E-state index is 0.658. The van der Waals surface area contributed by atoms with E-state index in [-0.39, 0.29) is 0 Å². The number of nitrogens with zero attached hydrogens (tertiary/aromatic N) is 4. The zero-order chi connectivity index (χ0) is 30.8. The lowest BCUT2D eigenvalue weighted by molar-refractivity contribution is 0.992. The summed E-state index contributed by atoms with van der Waals surface area (Å²) >= 11 is 1.83. The lowest BCUT2D eigenvalue weighted by atomic mass is 10.1. The van der Waals surface area contributed by atoms with E-state index in [0.717, 1.165) is 28.0 Å². The van der Waals surface area contributed by atoms with Gasteiger partial charge < -0.3 is 4.57 Å². The van der Waals surface area contributed by atoms with Crippen LogP contribution in [0.4, 0.5) is 0 Å². The van der Waals surface area contributed by atoms with Crippen molar-refractivity contribution in [2.45, 2.75) is 6.92 Å². The molecule has 0 saturated heterocycles. The van der Waals surface area contributed by atoms with Crippen LogP contribution in [0.25, 0.3) is 82.7 Å². The van der Waals surface area contributed by atoms with Crippen molar-refractivity contribution in [2.75, 3.05) is 0 Å². The van der Waals surface area contributed by atoms with Gasteiger partial charge in [-0.25, -0.2) is 9.97 Å². The molecule has 0 amide bonds. The molecule has 0 spiro atoms. The Kier molecular flexibility index (Phi) is 6.02. The summed E-state index contributed by atoms with van der Waals surface area (Å²) in [5.74, 6) is 0.658. The molecule has 0 saturated carbocycles. The molecule has 0 N–H and O–H groups in total. The van der Waals surface area contributed by atoms with Gasteiger partial charge in [0.25, 0.3) is 0 Å². The van der Waals surface area contributed by atoms with Gasteiger partial charge in [-0.05, 0) is 66.4 Å². The van der Waals surface area contributed by atoms with E-state index in [1.807, 2.05) is 35.8 Å². The van der Waals surface area contributed by atoms with Gasteiger partial charge in [0, 0.05) is 48.6 Å². The lowest BCUT2D eigenvalue weighted by Crippen LogP contribution is -2.02. The number of hydrogen-bond donors (Lipinski definition) is 0. The number of rotatable bonds is 5. The fraction of sp³-hybridized carbons (Fsp3) is 0.0244. The Labute approximate surface area is 269 Å². The molecule has 4 nitrogen and oxygen atoms in total. The summed E-state index contributed by atoms with van der Waals surface area (Å²) in [5.41, 5.74) is 8.88. The van der Waals surface area contributed by atoms with Crippen LogP contribution in [-0.4, -0.2) is 19.1 Å². The van der Waals surface area contributed by atoms with Gasteiger partial charge in [-0.15, -0.1) is 11.3 Å². The van der Waals surface area contributed by atoms with Crippen molar-refractivity contribution in [2.24, 2.45) is 0 Å². The highest BCUT2D eigenvalue weighted by Gasteiger charge is 2.19. The van der Waals surface area contributed by atoms with Gasteiger partial charge in [0.05, 0.1) is 27.8 Å². The molecule has 0 aliphatic carbocycles. The third-order valence-corrected chi connectivity index (χ3v) is 10.3. The van der Waals surface area contributed by atoms with Crippen LogP contribution in [-0.2, 0) is 0 Å². The molecule has 0 unspecified atom stereocenters. The summed E-state index contributed by atoms with van der Waals surface area (Å²) in [6, 6.07) is 40.9. The van der Waals surface area contributed by atoms with Gasteiger partial charge in [-0.1, -0.05) is 91.5 Å². The van der Waals surface area contributed by atoms with E-state index in [1.54, 1.807) is 0 Å². The molecule has 0 fully saturated rings. The molecular formula is C41H28N4S. The van der Waals surface area contributed by atoms with Crippen molar-refractivity contribution >= 4 is 71.1 Å². The third-order valence-electron chi connectivity index (χ3n) is 8.98. The molecule has 9 aromatic rings. The van der Waals surface area contributed by atoms with E-state index in [4.69, 9.17) is 9.97 Å². The Morgan fingerprint density at radius 3 is 2.11 bits per heavy atom. The van der Waals surface area contributed by atoms with Gasteiger partial charge in [0.2, 0.25) is 5.95 Å². The average molecular weight is 609 g/mol. The molecule has 218 valence electrons. The molecule has 0 aliphatic rings. The van der Waals surface area contributed by atoms with Crippen LogP contribution in [0.5, 0.6) is 0 Å². The molecule has 0 bridgehead atoms. The van der Waals surface area contributed by atoms with Crippen molar-refractivity contribution in [3.05, 3.63) is 151 Å². The highest BCUT2D eigenvalue weighted by Crippen LogP contribution is 2.42. The fourth-order valence-corrected chi connectivity index (χ4v) is 8.18. The van der Waals surface area contributed by atoms with Gasteiger partial charge in [0.1, 0.15) is 0 Å². The van der Waals surface area contributed by atoms with Crippen LogP contribution in [0.1, 0.15) is 10.4 Å². The summed E-state index contributed by atoms with van der Waals surface area (Å²) in [4.78, 5) is 11.3. The molecule has 5 aromatic carbocycles. The second-order valence-corrected chi connectivity index (χ2v) is 12.6. The van der Waals surface area contributed by atoms with Gasteiger partial charge >= 0.3 is 0 Å². The van der Waals surface area contributed by atoms with Crippen LogP contribution >= 0.6 is 11.3 Å². The maximum absolute atomic E-state index is 5.20. The van der Waals surface area contributed by atoms with Crippen molar-refractivity contribution in [1.29, 1.82) is 0 Å². The molecule has 5 heteroatoms. The zero-order valence-electron chi connectivity index (χ0n) is 25.2. The van der Waals surface area contributed by atoms with E-state index in [9.17, 15) is 0 Å². The quantitative estimate of drug-likeness (QED) is 0.182. The molecule has 4 heterocycles. The first-order valence-corrected chi connectivity index (χ1v) is 16.2. The molecule has 0 atom stereocenters. The summed E-state index contributed by atoms with van der Waals surface area (Å²) in [5, 5.41) is 6.21. The van der Waals surface area contributed by atoms with Crippen molar-refractivity contribution in [3.8, 4) is 22.9 Å². The SMILES string of the molecule is C=C/C=C\c1sc2c(ccc3c2c2ccccc2n3-c2nccc(-c3cccc(-n4c5ccccc5c5ccccc54)c3)n2)c1C. The number of hydrogen-bond acceptors (Lipinski definition) is 3. The summed E-state index contributed by atoms with van der Waals surface area (Å²) in [6.07, 6.45) is 7.86. The molecule has 0 radical (unpaired) electrons. The van der Waals surface area contributed by atoms with Gasteiger partial charge in [0.15, 0.2) is 0 Å². The zero-order valence-corrected chi connectivity index (χ0v) is 26.0. The van der Waals surface area contributed by atoms with Gasteiger partial charge in [-0.2, -0.15) is 0 Å². The van der Waals surface area contributed by atoms with Crippen LogP contribution in [0, 0.1) is 6.92 Å². The summed E-state index contributed by atoms with van der Waals surface area (Å²) < 4.78 is 5.83. The van der Waals surface area contributed by atoms with Crippen molar-refractivity contribution in [3.63, 3.8) is 0 Å². The maximum atomic E-state index is 5.20. The number of benzene rings is 5. The van der Waals surface area contributed by atoms with E-state index >= 15 is 0 Å². The van der Waals surface area contributed by atoms with Crippen molar-refractivity contribution in [1.82, 2.24) is 19.1 Å². The molecule has 0 aliphatic heterocycles. The van der Waals surface area contributed by atoms with E-state index < -0.39 is 0 Å². The van der Waals surface area contributed by atoms with Crippen LogP contribution in [0.2, 0.25) is 0 Å². The topological polar surface area (TPSA) is 35.6 Å².